The first-order valence-electron chi connectivity index (χ1n) is 7.71. The van der Waals surface area contributed by atoms with Gasteiger partial charge in [0.05, 0.1) is 5.56 Å². The van der Waals surface area contributed by atoms with E-state index in [2.05, 4.69) is 21.9 Å². The average molecular weight is 320 g/mol. The molecule has 0 amide bonds. The number of hydrogen-bond acceptors (Lipinski definition) is 2. The Morgan fingerprint density at radius 2 is 1.52 bits per heavy atom. The Labute approximate surface area is 134 Å². The number of nitrogens with zero attached hydrogens (tertiary/aromatic N) is 2. The standard InChI is InChI=1S/C18H19F3N2/c19-18(20,21)16-6-4-5-15(13-16)14-22-9-11-23(12-10-22)17-7-2-1-3-8-17/h1-8,13H,9-12,14H2. The van der Waals surface area contributed by atoms with Crippen LogP contribution in [0.1, 0.15) is 11.1 Å². The van der Waals surface area contributed by atoms with Crippen LogP contribution in [-0.2, 0) is 12.7 Å². The summed E-state index contributed by atoms with van der Waals surface area (Å²) in [7, 11) is 0. The summed E-state index contributed by atoms with van der Waals surface area (Å²) in [6, 6.07) is 15.8. The van der Waals surface area contributed by atoms with Crippen LogP contribution in [0.3, 0.4) is 0 Å². The molecule has 0 saturated carbocycles. The number of halogens is 3. The van der Waals surface area contributed by atoms with E-state index in [-0.39, 0.29) is 0 Å². The fourth-order valence-electron chi connectivity index (χ4n) is 2.91. The molecule has 1 fully saturated rings. The lowest BCUT2D eigenvalue weighted by Crippen LogP contribution is -2.45. The second-order valence-corrected chi connectivity index (χ2v) is 5.80. The Morgan fingerprint density at radius 1 is 0.826 bits per heavy atom. The van der Waals surface area contributed by atoms with E-state index in [4.69, 9.17) is 0 Å². The normalized spacial score (nSPS) is 16.6. The molecule has 5 heteroatoms. The Morgan fingerprint density at radius 3 is 2.17 bits per heavy atom. The van der Waals surface area contributed by atoms with Crippen LogP contribution < -0.4 is 4.90 Å². The summed E-state index contributed by atoms with van der Waals surface area (Å²) in [4.78, 5) is 4.51. The molecule has 0 aliphatic carbocycles. The highest BCUT2D eigenvalue weighted by molar-refractivity contribution is 5.46. The summed E-state index contributed by atoms with van der Waals surface area (Å²) in [6.45, 7) is 4.05. The third kappa shape index (κ3) is 4.05. The SMILES string of the molecule is FC(F)(F)c1cccc(CN2CCN(c3ccccc3)CC2)c1. The highest BCUT2D eigenvalue weighted by atomic mass is 19.4. The predicted molar refractivity (Wildman–Crippen MR) is 85.4 cm³/mol. The van der Waals surface area contributed by atoms with Crippen LogP contribution in [-0.4, -0.2) is 31.1 Å². The van der Waals surface area contributed by atoms with Crippen LogP contribution in [0.25, 0.3) is 0 Å². The minimum absolute atomic E-state index is 0.562. The highest BCUT2D eigenvalue weighted by Gasteiger charge is 2.30. The van der Waals surface area contributed by atoms with Gasteiger partial charge < -0.3 is 4.90 Å². The average Bonchev–Trinajstić information content (AvgIpc) is 2.56. The van der Waals surface area contributed by atoms with Crippen molar-refractivity contribution in [2.24, 2.45) is 0 Å². The first kappa shape index (κ1) is 15.9. The third-order valence-corrected chi connectivity index (χ3v) is 4.15. The first-order valence-corrected chi connectivity index (χ1v) is 7.71. The minimum atomic E-state index is -4.28. The molecule has 0 radical (unpaired) electrons. The Hall–Kier alpha value is -2.01. The summed E-state index contributed by atoms with van der Waals surface area (Å²) in [5.74, 6) is 0. The van der Waals surface area contributed by atoms with Gasteiger partial charge in [-0.05, 0) is 23.8 Å². The fourth-order valence-corrected chi connectivity index (χ4v) is 2.91. The summed E-state index contributed by atoms with van der Waals surface area (Å²) in [5, 5.41) is 0. The second kappa shape index (κ2) is 6.62. The molecule has 2 aromatic rings. The lowest BCUT2D eigenvalue weighted by molar-refractivity contribution is -0.137. The smallest absolute Gasteiger partial charge is 0.369 e. The van der Waals surface area contributed by atoms with E-state index in [0.29, 0.717) is 12.1 Å². The van der Waals surface area contributed by atoms with Gasteiger partial charge in [-0.15, -0.1) is 0 Å². The minimum Gasteiger partial charge on any atom is -0.369 e. The third-order valence-electron chi connectivity index (χ3n) is 4.15. The molecule has 1 saturated heterocycles. The zero-order valence-corrected chi connectivity index (χ0v) is 12.8. The molecule has 0 atom stereocenters. The van der Waals surface area contributed by atoms with Crippen LogP contribution in [0.2, 0.25) is 0 Å². The summed E-state index contributed by atoms with van der Waals surface area (Å²) in [5.41, 5.74) is 1.34. The van der Waals surface area contributed by atoms with Gasteiger partial charge in [0.15, 0.2) is 0 Å². The topological polar surface area (TPSA) is 6.48 Å². The van der Waals surface area contributed by atoms with E-state index >= 15 is 0 Å². The maximum absolute atomic E-state index is 12.8. The van der Waals surface area contributed by atoms with Crippen molar-refractivity contribution in [1.82, 2.24) is 4.90 Å². The van der Waals surface area contributed by atoms with Gasteiger partial charge in [-0.2, -0.15) is 13.2 Å². The van der Waals surface area contributed by atoms with Crippen molar-refractivity contribution in [2.75, 3.05) is 31.1 Å². The maximum atomic E-state index is 12.8. The molecule has 122 valence electrons. The van der Waals surface area contributed by atoms with Crippen molar-refractivity contribution in [3.63, 3.8) is 0 Å². The monoisotopic (exact) mass is 320 g/mol. The highest BCUT2D eigenvalue weighted by Crippen LogP contribution is 2.29. The van der Waals surface area contributed by atoms with Crippen LogP contribution >= 0.6 is 0 Å². The van der Waals surface area contributed by atoms with Gasteiger partial charge in [-0.25, -0.2) is 0 Å². The zero-order chi connectivity index (χ0) is 16.3. The predicted octanol–water partition coefficient (Wildman–Crippen LogP) is 4.03. The quantitative estimate of drug-likeness (QED) is 0.842. The summed E-state index contributed by atoms with van der Waals surface area (Å²) < 4.78 is 38.3. The van der Waals surface area contributed by atoms with Crippen molar-refractivity contribution in [3.05, 3.63) is 65.7 Å². The Balaban J connectivity index is 1.59. The molecular weight excluding hydrogens is 301 g/mol. The number of hydrogen-bond donors (Lipinski definition) is 0. The van der Waals surface area contributed by atoms with Gasteiger partial charge in [-0.1, -0.05) is 36.4 Å². The van der Waals surface area contributed by atoms with E-state index in [1.165, 1.54) is 17.8 Å². The number of alkyl halides is 3. The van der Waals surface area contributed by atoms with Gasteiger partial charge in [0.25, 0.3) is 0 Å². The van der Waals surface area contributed by atoms with Gasteiger partial charge in [-0.3, -0.25) is 4.90 Å². The molecule has 2 aromatic carbocycles. The molecule has 0 spiro atoms. The Bertz CT molecular complexity index is 632. The number of anilines is 1. The maximum Gasteiger partial charge on any atom is 0.416 e. The van der Waals surface area contributed by atoms with Crippen LogP contribution in [0.4, 0.5) is 18.9 Å². The first-order chi connectivity index (χ1) is 11.0. The van der Waals surface area contributed by atoms with E-state index in [0.717, 1.165) is 32.2 Å². The van der Waals surface area contributed by atoms with Gasteiger partial charge in [0, 0.05) is 38.4 Å². The Kier molecular flexibility index (Phi) is 4.57. The van der Waals surface area contributed by atoms with E-state index < -0.39 is 11.7 Å². The molecule has 0 unspecified atom stereocenters. The zero-order valence-electron chi connectivity index (χ0n) is 12.8. The number of rotatable bonds is 3. The van der Waals surface area contributed by atoms with Gasteiger partial charge in [0.1, 0.15) is 0 Å². The molecule has 0 bridgehead atoms. The lowest BCUT2D eigenvalue weighted by Gasteiger charge is -2.36. The molecule has 1 aliphatic heterocycles. The van der Waals surface area contributed by atoms with Crippen molar-refractivity contribution >= 4 is 5.69 Å². The van der Waals surface area contributed by atoms with E-state index in [9.17, 15) is 13.2 Å². The second-order valence-electron chi connectivity index (χ2n) is 5.80. The fraction of sp³-hybridized carbons (Fsp3) is 0.333. The largest absolute Gasteiger partial charge is 0.416 e. The van der Waals surface area contributed by atoms with Gasteiger partial charge in [0.2, 0.25) is 0 Å². The summed E-state index contributed by atoms with van der Waals surface area (Å²) >= 11 is 0. The van der Waals surface area contributed by atoms with Crippen molar-refractivity contribution in [3.8, 4) is 0 Å². The van der Waals surface area contributed by atoms with Crippen molar-refractivity contribution in [1.29, 1.82) is 0 Å². The van der Waals surface area contributed by atoms with Crippen molar-refractivity contribution < 1.29 is 13.2 Å². The molecular formula is C18H19F3N2. The van der Waals surface area contributed by atoms with Crippen molar-refractivity contribution in [2.45, 2.75) is 12.7 Å². The van der Waals surface area contributed by atoms with Crippen LogP contribution in [0, 0.1) is 0 Å². The number of piperazine rings is 1. The molecule has 1 heterocycles. The molecule has 3 rings (SSSR count). The number of benzene rings is 2. The molecule has 0 aromatic heterocycles. The molecule has 1 aliphatic rings. The molecule has 0 N–H and O–H groups in total. The van der Waals surface area contributed by atoms with Gasteiger partial charge >= 0.3 is 6.18 Å². The summed E-state index contributed by atoms with van der Waals surface area (Å²) in [6.07, 6.45) is -4.28. The van der Waals surface area contributed by atoms with Crippen LogP contribution in [0.5, 0.6) is 0 Å². The number of para-hydroxylation sites is 1. The van der Waals surface area contributed by atoms with E-state index in [1.807, 2.05) is 18.2 Å². The van der Waals surface area contributed by atoms with E-state index in [1.54, 1.807) is 6.07 Å². The lowest BCUT2D eigenvalue weighted by atomic mass is 10.1. The van der Waals surface area contributed by atoms with Crippen LogP contribution in [0.15, 0.2) is 54.6 Å². The molecule has 2 nitrogen and oxygen atoms in total. The molecule has 23 heavy (non-hydrogen) atoms.